The molecule has 0 radical (unpaired) electrons. The molecular weight excluding hydrogens is 322 g/mol. The first kappa shape index (κ1) is 18.3. The van der Waals surface area contributed by atoms with Crippen LogP contribution in [0.5, 0.6) is 11.5 Å². The van der Waals surface area contributed by atoms with Crippen LogP contribution in [0.2, 0.25) is 0 Å². The van der Waals surface area contributed by atoms with Gasteiger partial charge < -0.3 is 19.9 Å². The fraction of sp³-hybridized carbons (Fsp3) is 0.263. The number of nitrogens with one attached hydrogen (secondary N) is 1. The SMILES string of the molecule is COc1ccc(OC)c(CC(=O)NC(CC(=O)O)c2ccccc2)c1. The third-order valence-electron chi connectivity index (χ3n) is 3.75. The zero-order valence-corrected chi connectivity index (χ0v) is 14.2. The minimum Gasteiger partial charge on any atom is -0.497 e. The predicted octanol–water partition coefficient (Wildman–Crippen LogP) is 2.58. The van der Waals surface area contributed by atoms with Crippen molar-refractivity contribution < 1.29 is 24.2 Å². The number of hydrogen-bond donors (Lipinski definition) is 2. The molecule has 0 aliphatic rings. The van der Waals surface area contributed by atoms with Gasteiger partial charge in [-0.05, 0) is 23.8 Å². The van der Waals surface area contributed by atoms with E-state index in [0.717, 1.165) is 5.56 Å². The van der Waals surface area contributed by atoms with Gasteiger partial charge >= 0.3 is 5.97 Å². The molecule has 1 amide bonds. The van der Waals surface area contributed by atoms with Crippen LogP contribution in [-0.2, 0) is 16.0 Å². The minimum absolute atomic E-state index is 0.0589. The molecule has 2 aromatic carbocycles. The van der Waals surface area contributed by atoms with Crippen LogP contribution in [0.1, 0.15) is 23.6 Å². The van der Waals surface area contributed by atoms with Crippen LogP contribution >= 0.6 is 0 Å². The van der Waals surface area contributed by atoms with Gasteiger partial charge in [0.2, 0.25) is 5.91 Å². The number of aliphatic carboxylic acids is 1. The molecule has 0 saturated heterocycles. The molecule has 2 N–H and O–H groups in total. The second-order valence-corrected chi connectivity index (χ2v) is 5.48. The Hall–Kier alpha value is -3.02. The number of carbonyl (C=O) groups excluding carboxylic acids is 1. The quantitative estimate of drug-likeness (QED) is 0.769. The summed E-state index contributed by atoms with van der Waals surface area (Å²) in [6, 6.07) is 13.6. The number of ether oxygens (including phenoxy) is 2. The first-order valence-electron chi connectivity index (χ1n) is 7.80. The smallest absolute Gasteiger partial charge is 0.305 e. The van der Waals surface area contributed by atoms with Gasteiger partial charge in [0.25, 0.3) is 0 Å². The fourth-order valence-corrected chi connectivity index (χ4v) is 2.55. The lowest BCUT2D eigenvalue weighted by molar-refractivity contribution is -0.137. The average Bonchev–Trinajstić information content (AvgIpc) is 2.61. The van der Waals surface area contributed by atoms with Crippen molar-refractivity contribution in [3.63, 3.8) is 0 Å². The monoisotopic (exact) mass is 343 g/mol. The van der Waals surface area contributed by atoms with E-state index in [4.69, 9.17) is 14.6 Å². The molecule has 0 bridgehead atoms. The lowest BCUT2D eigenvalue weighted by atomic mass is 10.0. The minimum atomic E-state index is -0.979. The zero-order valence-electron chi connectivity index (χ0n) is 14.2. The maximum absolute atomic E-state index is 12.4. The average molecular weight is 343 g/mol. The van der Waals surface area contributed by atoms with Gasteiger partial charge in [0.15, 0.2) is 0 Å². The van der Waals surface area contributed by atoms with Crippen molar-refractivity contribution in [1.82, 2.24) is 5.32 Å². The summed E-state index contributed by atoms with van der Waals surface area (Å²) in [6.07, 6.45) is -0.131. The Morgan fingerprint density at radius 2 is 1.80 bits per heavy atom. The highest BCUT2D eigenvalue weighted by Crippen LogP contribution is 2.25. The molecular formula is C19H21NO5. The van der Waals surface area contributed by atoms with E-state index in [1.54, 1.807) is 49.6 Å². The van der Waals surface area contributed by atoms with E-state index >= 15 is 0 Å². The molecule has 0 aliphatic heterocycles. The second-order valence-electron chi connectivity index (χ2n) is 5.48. The van der Waals surface area contributed by atoms with Gasteiger partial charge in [-0.25, -0.2) is 0 Å². The largest absolute Gasteiger partial charge is 0.497 e. The Labute approximate surface area is 146 Å². The summed E-state index contributed by atoms with van der Waals surface area (Å²) >= 11 is 0. The van der Waals surface area contributed by atoms with Crippen LogP contribution in [0, 0.1) is 0 Å². The van der Waals surface area contributed by atoms with Crippen molar-refractivity contribution >= 4 is 11.9 Å². The van der Waals surface area contributed by atoms with E-state index in [-0.39, 0.29) is 18.7 Å². The van der Waals surface area contributed by atoms with Crippen LogP contribution < -0.4 is 14.8 Å². The molecule has 25 heavy (non-hydrogen) atoms. The van der Waals surface area contributed by atoms with Crippen LogP contribution in [0.25, 0.3) is 0 Å². The first-order chi connectivity index (χ1) is 12.0. The highest BCUT2D eigenvalue weighted by atomic mass is 16.5. The number of amides is 1. The van der Waals surface area contributed by atoms with Crippen LogP contribution in [0.4, 0.5) is 0 Å². The van der Waals surface area contributed by atoms with Crippen molar-refractivity contribution in [1.29, 1.82) is 0 Å². The van der Waals surface area contributed by atoms with Gasteiger partial charge in [-0.2, -0.15) is 0 Å². The lowest BCUT2D eigenvalue weighted by Gasteiger charge is -2.18. The summed E-state index contributed by atoms with van der Waals surface area (Å²) in [5.41, 5.74) is 1.41. The lowest BCUT2D eigenvalue weighted by Crippen LogP contribution is -2.31. The molecule has 132 valence electrons. The molecule has 0 saturated carbocycles. The molecule has 1 atom stereocenters. The van der Waals surface area contributed by atoms with Gasteiger partial charge in [-0.1, -0.05) is 30.3 Å². The van der Waals surface area contributed by atoms with Crippen LogP contribution in [0.3, 0.4) is 0 Å². The van der Waals surface area contributed by atoms with E-state index in [2.05, 4.69) is 5.32 Å². The Morgan fingerprint density at radius 3 is 2.40 bits per heavy atom. The van der Waals surface area contributed by atoms with Crippen LogP contribution in [-0.4, -0.2) is 31.2 Å². The molecule has 0 fully saturated rings. The molecule has 2 rings (SSSR count). The summed E-state index contributed by atoms with van der Waals surface area (Å²) in [7, 11) is 3.07. The highest BCUT2D eigenvalue weighted by Gasteiger charge is 2.19. The van der Waals surface area contributed by atoms with E-state index in [1.807, 2.05) is 6.07 Å². The third-order valence-corrected chi connectivity index (χ3v) is 3.75. The summed E-state index contributed by atoms with van der Waals surface area (Å²) in [5, 5.41) is 11.9. The standard InChI is InChI=1S/C19H21NO5/c1-24-15-8-9-17(25-2)14(10-15)11-18(21)20-16(12-19(22)23)13-6-4-3-5-7-13/h3-10,16H,11-12H2,1-2H3,(H,20,21)(H,22,23). The van der Waals surface area contributed by atoms with Gasteiger partial charge in [0.1, 0.15) is 11.5 Å². The molecule has 0 aliphatic carbocycles. The maximum atomic E-state index is 12.4. The summed E-state index contributed by atoms with van der Waals surface area (Å²) in [4.78, 5) is 23.6. The second kappa shape index (κ2) is 8.73. The Balaban J connectivity index is 2.15. The van der Waals surface area contributed by atoms with Crippen LogP contribution in [0.15, 0.2) is 48.5 Å². The molecule has 0 heterocycles. The molecule has 1 unspecified atom stereocenters. The fourth-order valence-electron chi connectivity index (χ4n) is 2.55. The summed E-state index contributed by atoms with van der Waals surface area (Å²) in [5.74, 6) is -0.0750. The highest BCUT2D eigenvalue weighted by molar-refractivity contribution is 5.80. The first-order valence-corrected chi connectivity index (χ1v) is 7.80. The number of carboxylic acid groups (broad SMARTS) is 1. The number of carbonyl (C=O) groups is 2. The van der Waals surface area contributed by atoms with Gasteiger partial charge in [0.05, 0.1) is 33.1 Å². The Bertz CT molecular complexity index is 730. The Kier molecular flexibility index (Phi) is 6.39. The van der Waals surface area contributed by atoms with Crippen molar-refractivity contribution in [2.24, 2.45) is 0 Å². The van der Waals surface area contributed by atoms with Gasteiger partial charge in [-0.15, -0.1) is 0 Å². The topological polar surface area (TPSA) is 84.9 Å². The zero-order chi connectivity index (χ0) is 18.2. The van der Waals surface area contributed by atoms with Crippen molar-refractivity contribution in [2.45, 2.75) is 18.9 Å². The van der Waals surface area contributed by atoms with Crippen molar-refractivity contribution in [3.8, 4) is 11.5 Å². The predicted molar refractivity (Wildman–Crippen MR) is 92.8 cm³/mol. The number of hydrogen-bond acceptors (Lipinski definition) is 4. The summed E-state index contributed by atoms with van der Waals surface area (Å²) < 4.78 is 10.4. The summed E-state index contributed by atoms with van der Waals surface area (Å²) in [6.45, 7) is 0. The Morgan fingerprint density at radius 1 is 1.08 bits per heavy atom. The number of methoxy groups -OCH3 is 2. The molecule has 6 heteroatoms. The van der Waals surface area contributed by atoms with E-state index < -0.39 is 12.0 Å². The van der Waals surface area contributed by atoms with E-state index in [9.17, 15) is 9.59 Å². The number of rotatable bonds is 8. The normalized spacial score (nSPS) is 11.4. The number of benzene rings is 2. The van der Waals surface area contributed by atoms with Crippen molar-refractivity contribution in [3.05, 3.63) is 59.7 Å². The van der Waals surface area contributed by atoms with E-state index in [0.29, 0.717) is 17.1 Å². The maximum Gasteiger partial charge on any atom is 0.305 e. The third kappa shape index (κ3) is 5.24. The van der Waals surface area contributed by atoms with E-state index in [1.165, 1.54) is 7.11 Å². The van der Waals surface area contributed by atoms with Crippen molar-refractivity contribution in [2.75, 3.05) is 14.2 Å². The molecule has 6 nitrogen and oxygen atoms in total. The molecule has 0 aromatic heterocycles. The molecule has 2 aromatic rings. The molecule has 0 spiro atoms. The van der Waals surface area contributed by atoms with Gasteiger partial charge in [0, 0.05) is 5.56 Å². The van der Waals surface area contributed by atoms with Gasteiger partial charge in [-0.3, -0.25) is 9.59 Å². The number of carboxylic acids is 1.